The van der Waals surface area contributed by atoms with Crippen molar-refractivity contribution in [1.82, 2.24) is 10.2 Å². The van der Waals surface area contributed by atoms with Crippen molar-refractivity contribution in [2.75, 3.05) is 14.1 Å². The average Bonchev–Trinajstić information content (AvgIpc) is 2.27. The van der Waals surface area contributed by atoms with E-state index in [1.54, 1.807) is 19.0 Å². The molecule has 3 heteroatoms. The number of carbonyl (C=O) groups is 1. The van der Waals surface area contributed by atoms with Crippen LogP contribution in [-0.4, -0.2) is 30.9 Å². The molecule has 0 saturated heterocycles. The van der Waals surface area contributed by atoms with Crippen LogP contribution in [0, 0.1) is 6.92 Å². The summed E-state index contributed by atoms with van der Waals surface area (Å²) in [6.07, 6.45) is 0. The van der Waals surface area contributed by atoms with Gasteiger partial charge in [-0.15, -0.1) is 0 Å². The molecule has 1 N–H and O–H groups in total. The fraction of sp³-hybridized carbons (Fsp3) is 0.500. The first-order chi connectivity index (χ1) is 7.91. The Bertz CT molecular complexity index is 388. The maximum Gasteiger partial charge on any atom is 0.238 e. The Kier molecular flexibility index (Phi) is 4.70. The van der Waals surface area contributed by atoms with Crippen LogP contribution in [0.1, 0.15) is 31.0 Å². The molecule has 1 rings (SSSR count). The van der Waals surface area contributed by atoms with Gasteiger partial charge in [0.05, 0.1) is 6.04 Å². The molecule has 0 saturated carbocycles. The van der Waals surface area contributed by atoms with Gasteiger partial charge < -0.3 is 4.90 Å². The van der Waals surface area contributed by atoms with E-state index < -0.39 is 0 Å². The number of carbonyl (C=O) groups excluding carboxylic acids is 1. The normalized spacial score (nSPS) is 14.2. The van der Waals surface area contributed by atoms with E-state index in [4.69, 9.17) is 0 Å². The van der Waals surface area contributed by atoms with Crippen LogP contribution in [0.2, 0.25) is 0 Å². The molecule has 0 radical (unpaired) electrons. The molecule has 0 bridgehead atoms. The zero-order valence-electron chi connectivity index (χ0n) is 11.3. The van der Waals surface area contributed by atoms with Gasteiger partial charge in [-0.25, -0.2) is 0 Å². The van der Waals surface area contributed by atoms with E-state index >= 15 is 0 Å². The van der Waals surface area contributed by atoms with Crippen LogP contribution >= 0.6 is 0 Å². The molecule has 0 aliphatic carbocycles. The van der Waals surface area contributed by atoms with Crippen LogP contribution in [0.25, 0.3) is 0 Å². The number of benzene rings is 1. The lowest BCUT2D eigenvalue weighted by molar-refractivity contribution is -0.130. The van der Waals surface area contributed by atoms with Gasteiger partial charge in [0.25, 0.3) is 0 Å². The number of rotatable bonds is 4. The summed E-state index contributed by atoms with van der Waals surface area (Å²) in [5, 5.41) is 3.31. The quantitative estimate of drug-likeness (QED) is 0.865. The molecule has 0 aliphatic heterocycles. The van der Waals surface area contributed by atoms with E-state index in [1.807, 2.05) is 13.0 Å². The topological polar surface area (TPSA) is 32.3 Å². The Morgan fingerprint density at radius 1 is 1.29 bits per heavy atom. The van der Waals surface area contributed by atoms with Gasteiger partial charge in [0.15, 0.2) is 0 Å². The van der Waals surface area contributed by atoms with Crippen molar-refractivity contribution in [3.8, 4) is 0 Å². The highest BCUT2D eigenvalue weighted by Crippen LogP contribution is 2.14. The first-order valence-corrected chi connectivity index (χ1v) is 5.95. The minimum Gasteiger partial charge on any atom is -0.347 e. The molecule has 0 aliphatic rings. The summed E-state index contributed by atoms with van der Waals surface area (Å²) in [6.45, 7) is 6.05. The standard InChI is InChI=1S/C14H22N2O/c1-10-7-6-8-13(9-10)11(2)15-12(3)14(17)16(4)5/h6-9,11-12,15H,1-5H3. The minimum absolute atomic E-state index is 0.101. The molecule has 2 atom stereocenters. The second-order valence-corrected chi connectivity index (χ2v) is 4.76. The Labute approximate surface area is 104 Å². The Balaban J connectivity index is 2.66. The third-order valence-electron chi connectivity index (χ3n) is 2.85. The summed E-state index contributed by atoms with van der Waals surface area (Å²) < 4.78 is 0. The van der Waals surface area contributed by atoms with Crippen molar-refractivity contribution in [3.63, 3.8) is 0 Å². The summed E-state index contributed by atoms with van der Waals surface area (Å²) in [7, 11) is 3.55. The second kappa shape index (κ2) is 5.82. The third kappa shape index (κ3) is 3.86. The number of likely N-dealkylation sites (N-methyl/N-ethyl adjacent to an activating group) is 1. The molecule has 1 amide bonds. The monoisotopic (exact) mass is 234 g/mol. The van der Waals surface area contributed by atoms with E-state index in [-0.39, 0.29) is 18.0 Å². The van der Waals surface area contributed by atoms with Gasteiger partial charge in [0.1, 0.15) is 0 Å². The molecule has 17 heavy (non-hydrogen) atoms. The van der Waals surface area contributed by atoms with Gasteiger partial charge in [-0.2, -0.15) is 0 Å². The SMILES string of the molecule is Cc1cccc(C(C)NC(C)C(=O)N(C)C)c1. The third-order valence-corrected chi connectivity index (χ3v) is 2.85. The van der Waals surface area contributed by atoms with Crippen molar-refractivity contribution >= 4 is 5.91 Å². The molecule has 0 heterocycles. The highest BCUT2D eigenvalue weighted by Gasteiger charge is 2.17. The molecule has 94 valence electrons. The van der Waals surface area contributed by atoms with Crippen molar-refractivity contribution in [2.45, 2.75) is 32.9 Å². The smallest absolute Gasteiger partial charge is 0.238 e. The van der Waals surface area contributed by atoms with Crippen LogP contribution in [0.3, 0.4) is 0 Å². The first kappa shape index (κ1) is 13.7. The summed E-state index contributed by atoms with van der Waals surface area (Å²) >= 11 is 0. The van der Waals surface area contributed by atoms with E-state index in [2.05, 4.69) is 37.4 Å². The molecule has 3 nitrogen and oxygen atoms in total. The summed E-state index contributed by atoms with van der Waals surface area (Å²) in [5.74, 6) is 0.101. The van der Waals surface area contributed by atoms with Crippen molar-refractivity contribution in [2.24, 2.45) is 0 Å². The predicted octanol–water partition coefficient (Wildman–Crippen LogP) is 2.12. The highest BCUT2D eigenvalue weighted by molar-refractivity contribution is 5.80. The zero-order valence-corrected chi connectivity index (χ0v) is 11.3. The number of hydrogen-bond donors (Lipinski definition) is 1. The zero-order chi connectivity index (χ0) is 13.0. The summed E-state index contributed by atoms with van der Waals surface area (Å²) in [4.78, 5) is 13.4. The van der Waals surface area contributed by atoms with E-state index in [9.17, 15) is 4.79 Å². The summed E-state index contributed by atoms with van der Waals surface area (Å²) in [5.41, 5.74) is 2.45. The number of aryl methyl sites for hydroxylation is 1. The van der Waals surface area contributed by atoms with E-state index in [0.29, 0.717) is 0 Å². The Morgan fingerprint density at radius 3 is 2.47 bits per heavy atom. The molecular formula is C14H22N2O. The highest BCUT2D eigenvalue weighted by atomic mass is 16.2. The fourth-order valence-corrected chi connectivity index (χ4v) is 1.87. The summed E-state index contributed by atoms with van der Waals surface area (Å²) in [6, 6.07) is 8.35. The molecule has 2 unspecified atom stereocenters. The van der Waals surface area contributed by atoms with Gasteiger partial charge in [0.2, 0.25) is 5.91 Å². The van der Waals surface area contributed by atoms with Crippen LogP contribution in [0.15, 0.2) is 24.3 Å². The number of amides is 1. The van der Waals surface area contributed by atoms with Crippen LogP contribution in [-0.2, 0) is 4.79 Å². The lowest BCUT2D eigenvalue weighted by Gasteiger charge is -2.22. The van der Waals surface area contributed by atoms with Crippen molar-refractivity contribution in [3.05, 3.63) is 35.4 Å². The molecule has 0 fully saturated rings. The van der Waals surface area contributed by atoms with Gasteiger partial charge in [-0.3, -0.25) is 10.1 Å². The van der Waals surface area contributed by atoms with Crippen LogP contribution in [0.4, 0.5) is 0 Å². The fourth-order valence-electron chi connectivity index (χ4n) is 1.87. The Morgan fingerprint density at radius 2 is 1.94 bits per heavy atom. The van der Waals surface area contributed by atoms with Gasteiger partial charge in [-0.1, -0.05) is 29.8 Å². The average molecular weight is 234 g/mol. The van der Waals surface area contributed by atoms with Gasteiger partial charge >= 0.3 is 0 Å². The predicted molar refractivity (Wildman–Crippen MR) is 70.9 cm³/mol. The Hall–Kier alpha value is -1.35. The van der Waals surface area contributed by atoms with Crippen LogP contribution in [0.5, 0.6) is 0 Å². The molecule has 1 aromatic carbocycles. The first-order valence-electron chi connectivity index (χ1n) is 5.95. The molecular weight excluding hydrogens is 212 g/mol. The molecule has 1 aromatic rings. The largest absolute Gasteiger partial charge is 0.347 e. The van der Waals surface area contributed by atoms with E-state index in [0.717, 1.165) is 0 Å². The maximum absolute atomic E-state index is 11.7. The molecule has 0 aromatic heterocycles. The number of hydrogen-bond acceptors (Lipinski definition) is 2. The van der Waals surface area contributed by atoms with E-state index in [1.165, 1.54) is 11.1 Å². The minimum atomic E-state index is -0.166. The lowest BCUT2D eigenvalue weighted by Crippen LogP contribution is -2.42. The number of nitrogens with zero attached hydrogens (tertiary/aromatic N) is 1. The lowest BCUT2D eigenvalue weighted by atomic mass is 10.0. The molecule has 0 spiro atoms. The maximum atomic E-state index is 11.7. The van der Waals surface area contributed by atoms with Crippen LogP contribution < -0.4 is 5.32 Å². The van der Waals surface area contributed by atoms with Gasteiger partial charge in [0, 0.05) is 20.1 Å². The van der Waals surface area contributed by atoms with Crippen molar-refractivity contribution in [1.29, 1.82) is 0 Å². The second-order valence-electron chi connectivity index (χ2n) is 4.76. The van der Waals surface area contributed by atoms with Crippen molar-refractivity contribution < 1.29 is 4.79 Å². The number of nitrogens with one attached hydrogen (secondary N) is 1. The van der Waals surface area contributed by atoms with Gasteiger partial charge in [-0.05, 0) is 26.3 Å².